The number of aromatic nitrogens is 2. The van der Waals surface area contributed by atoms with Gasteiger partial charge in [-0.25, -0.2) is 18.7 Å². The highest BCUT2D eigenvalue weighted by Crippen LogP contribution is 2.31. The van der Waals surface area contributed by atoms with E-state index in [2.05, 4.69) is 16.0 Å². The maximum atomic E-state index is 14.0. The van der Waals surface area contributed by atoms with Crippen LogP contribution in [0.5, 0.6) is 0 Å². The molecular weight excluding hydrogens is 428 g/mol. The Balaban J connectivity index is 1.46. The molecule has 3 aromatic carbocycles. The molecule has 0 fully saturated rings. The summed E-state index contributed by atoms with van der Waals surface area (Å²) in [4.78, 5) is 24.0. The second-order valence-electron chi connectivity index (χ2n) is 7.59. The quantitative estimate of drug-likeness (QED) is 0.300. The zero-order valence-electron chi connectivity index (χ0n) is 17.1. The molecule has 32 heavy (non-hydrogen) atoms. The summed E-state index contributed by atoms with van der Waals surface area (Å²) in [6.45, 7) is 0.677. The normalized spacial score (nSPS) is 13.2. The number of amides is 1. The number of thioether (sulfide) groups is 1. The van der Waals surface area contributed by atoms with Gasteiger partial charge in [0.1, 0.15) is 16.7 Å². The van der Waals surface area contributed by atoms with Gasteiger partial charge in [-0.2, -0.15) is 0 Å². The molecule has 160 valence electrons. The fourth-order valence-electron chi connectivity index (χ4n) is 3.91. The van der Waals surface area contributed by atoms with Gasteiger partial charge < -0.3 is 4.90 Å². The molecule has 0 atom stereocenters. The topological polar surface area (TPSA) is 46.1 Å². The molecule has 1 aliphatic rings. The van der Waals surface area contributed by atoms with Gasteiger partial charge in [0, 0.05) is 23.2 Å². The molecule has 0 bridgehead atoms. The van der Waals surface area contributed by atoms with E-state index in [4.69, 9.17) is 0 Å². The van der Waals surface area contributed by atoms with Crippen LogP contribution in [-0.4, -0.2) is 28.2 Å². The van der Waals surface area contributed by atoms with Crippen LogP contribution in [0.25, 0.3) is 22.3 Å². The Hall–Kier alpha value is -3.32. The average Bonchev–Trinajstić information content (AvgIpc) is 2.82. The first-order valence-electron chi connectivity index (χ1n) is 10.3. The molecule has 4 nitrogen and oxygen atoms in total. The molecule has 0 radical (unpaired) electrons. The Labute approximate surface area is 188 Å². The molecular formula is C25H19F2N3OS. The fourth-order valence-corrected chi connectivity index (χ4v) is 4.80. The second kappa shape index (κ2) is 8.67. The summed E-state index contributed by atoms with van der Waals surface area (Å²) in [5.74, 6) is -0.191. The minimum atomic E-state index is -0.395. The summed E-state index contributed by atoms with van der Waals surface area (Å²) in [6, 6.07) is 18.2. The van der Waals surface area contributed by atoms with Crippen molar-refractivity contribution in [1.82, 2.24) is 9.97 Å². The van der Waals surface area contributed by atoms with E-state index >= 15 is 0 Å². The molecule has 4 aromatic rings. The standard InChI is InChI=1S/C25H19F2N3OS/c26-18-9-7-17(8-10-18)24-28-21-12-11-19(27)14-20(21)25(29-24)32-15-23(31)30-13-3-5-16-4-1-2-6-22(16)30/h1-2,4,6-12,14H,3,5,13,15H2. The predicted molar refractivity (Wildman–Crippen MR) is 123 cm³/mol. The van der Waals surface area contributed by atoms with E-state index in [0.29, 0.717) is 33.9 Å². The third-order valence-corrected chi connectivity index (χ3v) is 6.44. The Morgan fingerprint density at radius 2 is 1.75 bits per heavy atom. The van der Waals surface area contributed by atoms with Crippen LogP contribution in [0.15, 0.2) is 71.8 Å². The number of halogens is 2. The lowest BCUT2D eigenvalue weighted by molar-refractivity contribution is -0.116. The van der Waals surface area contributed by atoms with Crippen LogP contribution in [0.4, 0.5) is 14.5 Å². The summed E-state index contributed by atoms with van der Waals surface area (Å²) < 4.78 is 27.3. The Morgan fingerprint density at radius 3 is 2.59 bits per heavy atom. The highest BCUT2D eigenvalue weighted by molar-refractivity contribution is 8.00. The monoisotopic (exact) mass is 447 g/mol. The van der Waals surface area contributed by atoms with Crippen molar-refractivity contribution in [2.45, 2.75) is 17.9 Å². The molecule has 1 aromatic heterocycles. The SMILES string of the molecule is O=C(CSc1nc(-c2ccc(F)cc2)nc2ccc(F)cc12)N1CCCc2ccccc21. The first-order chi connectivity index (χ1) is 15.6. The highest BCUT2D eigenvalue weighted by atomic mass is 32.2. The van der Waals surface area contributed by atoms with E-state index in [1.54, 1.807) is 18.2 Å². The molecule has 0 N–H and O–H groups in total. The summed E-state index contributed by atoms with van der Waals surface area (Å²) in [5, 5.41) is 1.07. The molecule has 2 heterocycles. The third kappa shape index (κ3) is 4.08. The minimum absolute atomic E-state index is 0.0198. The maximum Gasteiger partial charge on any atom is 0.237 e. The van der Waals surface area contributed by atoms with Gasteiger partial charge in [-0.3, -0.25) is 4.79 Å². The van der Waals surface area contributed by atoms with Crippen LogP contribution in [0, 0.1) is 11.6 Å². The van der Waals surface area contributed by atoms with Crippen LogP contribution < -0.4 is 4.90 Å². The summed E-state index contributed by atoms with van der Waals surface area (Å²) >= 11 is 1.26. The van der Waals surface area contributed by atoms with Crippen molar-refractivity contribution < 1.29 is 13.6 Å². The van der Waals surface area contributed by atoms with Crippen molar-refractivity contribution in [2.75, 3.05) is 17.2 Å². The van der Waals surface area contributed by atoms with E-state index in [1.165, 1.54) is 41.6 Å². The van der Waals surface area contributed by atoms with Crippen molar-refractivity contribution in [1.29, 1.82) is 0 Å². The zero-order chi connectivity index (χ0) is 22.1. The second-order valence-corrected chi connectivity index (χ2v) is 8.55. The summed E-state index contributed by atoms with van der Waals surface area (Å²) in [6.07, 6.45) is 1.88. The van der Waals surface area contributed by atoms with Crippen molar-refractivity contribution in [3.05, 3.63) is 83.9 Å². The Bertz CT molecular complexity index is 1310. The summed E-state index contributed by atoms with van der Waals surface area (Å²) in [7, 11) is 0. The summed E-state index contributed by atoms with van der Waals surface area (Å²) in [5.41, 5.74) is 3.34. The van der Waals surface area contributed by atoms with E-state index in [9.17, 15) is 13.6 Å². The highest BCUT2D eigenvalue weighted by Gasteiger charge is 2.23. The van der Waals surface area contributed by atoms with E-state index in [-0.39, 0.29) is 17.5 Å². The van der Waals surface area contributed by atoms with Crippen LogP contribution in [0.1, 0.15) is 12.0 Å². The molecule has 0 unspecified atom stereocenters. The number of fused-ring (bicyclic) bond motifs is 2. The van der Waals surface area contributed by atoms with Crippen molar-refractivity contribution in [3.8, 4) is 11.4 Å². The van der Waals surface area contributed by atoms with Gasteiger partial charge in [0.15, 0.2) is 5.82 Å². The molecule has 1 amide bonds. The van der Waals surface area contributed by atoms with Crippen LogP contribution >= 0.6 is 11.8 Å². The predicted octanol–water partition coefficient (Wildman–Crippen LogP) is 5.65. The molecule has 0 saturated carbocycles. The van der Waals surface area contributed by atoms with Crippen molar-refractivity contribution >= 4 is 34.3 Å². The molecule has 5 rings (SSSR count). The van der Waals surface area contributed by atoms with Gasteiger partial charge in [-0.05, 0) is 66.9 Å². The van der Waals surface area contributed by atoms with E-state index < -0.39 is 5.82 Å². The largest absolute Gasteiger partial charge is 0.311 e. The van der Waals surface area contributed by atoms with Crippen molar-refractivity contribution in [3.63, 3.8) is 0 Å². The first kappa shape index (κ1) is 20.6. The number of benzene rings is 3. The van der Waals surface area contributed by atoms with Gasteiger partial charge in [0.05, 0.1) is 11.3 Å². The molecule has 1 aliphatic heterocycles. The number of carbonyl (C=O) groups is 1. The molecule has 7 heteroatoms. The smallest absolute Gasteiger partial charge is 0.237 e. The lowest BCUT2D eigenvalue weighted by Crippen LogP contribution is -2.36. The number of nitrogens with zero attached hydrogens (tertiary/aromatic N) is 3. The number of hydrogen-bond donors (Lipinski definition) is 0. The number of aryl methyl sites for hydroxylation is 1. The van der Waals surface area contributed by atoms with Crippen LogP contribution in [0.3, 0.4) is 0 Å². The van der Waals surface area contributed by atoms with Gasteiger partial charge >= 0.3 is 0 Å². The Morgan fingerprint density at radius 1 is 0.969 bits per heavy atom. The molecule has 0 aliphatic carbocycles. The first-order valence-corrected chi connectivity index (χ1v) is 11.3. The third-order valence-electron chi connectivity index (χ3n) is 5.47. The van der Waals surface area contributed by atoms with Gasteiger partial charge in [0.2, 0.25) is 5.91 Å². The Kier molecular flexibility index (Phi) is 5.57. The number of anilines is 1. The number of para-hydroxylation sites is 1. The maximum absolute atomic E-state index is 14.0. The van der Waals surface area contributed by atoms with Crippen LogP contribution in [-0.2, 0) is 11.2 Å². The van der Waals surface area contributed by atoms with E-state index in [0.717, 1.165) is 18.5 Å². The zero-order valence-corrected chi connectivity index (χ0v) is 17.9. The lowest BCUT2D eigenvalue weighted by Gasteiger charge is -2.29. The molecule has 0 spiro atoms. The van der Waals surface area contributed by atoms with E-state index in [1.807, 2.05) is 23.1 Å². The fraction of sp³-hybridized carbons (Fsp3) is 0.160. The van der Waals surface area contributed by atoms with Gasteiger partial charge in [-0.15, -0.1) is 0 Å². The van der Waals surface area contributed by atoms with Crippen LogP contribution in [0.2, 0.25) is 0 Å². The van der Waals surface area contributed by atoms with Gasteiger partial charge in [0.25, 0.3) is 0 Å². The number of hydrogen-bond acceptors (Lipinski definition) is 4. The average molecular weight is 448 g/mol. The number of carbonyl (C=O) groups excluding carboxylic acids is 1. The molecule has 0 saturated heterocycles. The minimum Gasteiger partial charge on any atom is -0.311 e. The lowest BCUT2D eigenvalue weighted by atomic mass is 10.0. The number of rotatable bonds is 4. The van der Waals surface area contributed by atoms with Crippen molar-refractivity contribution in [2.24, 2.45) is 0 Å². The van der Waals surface area contributed by atoms with Gasteiger partial charge in [-0.1, -0.05) is 30.0 Å².